The Morgan fingerprint density at radius 3 is 2.77 bits per heavy atom. The second kappa shape index (κ2) is 4.88. The van der Waals surface area contributed by atoms with Gasteiger partial charge < -0.3 is 5.11 Å². The van der Waals surface area contributed by atoms with Gasteiger partial charge in [0.1, 0.15) is 0 Å². The number of carboxylic acid groups (broad SMARTS) is 1. The van der Waals surface area contributed by atoms with E-state index in [2.05, 4.69) is 5.92 Å². The molecular weight excluding hydrogens is 166 g/mol. The van der Waals surface area contributed by atoms with Crippen molar-refractivity contribution in [3.63, 3.8) is 0 Å². The minimum absolute atomic E-state index is 0.0664. The molecule has 0 bridgehead atoms. The molecule has 1 N–H and O–H groups in total. The lowest BCUT2D eigenvalue weighted by Crippen LogP contribution is -2.31. The average Bonchev–Trinajstić information content (AvgIpc) is 2.82. The number of hydrogen-bond acceptors (Lipinski definition) is 2. The van der Waals surface area contributed by atoms with Crippen LogP contribution in [0, 0.1) is 18.3 Å². The zero-order valence-electron chi connectivity index (χ0n) is 7.70. The van der Waals surface area contributed by atoms with Gasteiger partial charge in [0.2, 0.25) is 0 Å². The van der Waals surface area contributed by atoms with Crippen LogP contribution in [0.4, 0.5) is 0 Å². The summed E-state index contributed by atoms with van der Waals surface area (Å²) < 4.78 is 0. The van der Waals surface area contributed by atoms with Gasteiger partial charge >= 0.3 is 5.97 Å². The van der Waals surface area contributed by atoms with Crippen LogP contribution in [0.25, 0.3) is 0 Å². The molecule has 0 aromatic rings. The zero-order valence-corrected chi connectivity index (χ0v) is 7.70. The molecule has 0 aromatic heterocycles. The van der Waals surface area contributed by atoms with E-state index in [4.69, 9.17) is 11.5 Å². The largest absolute Gasteiger partial charge is 0.480 e. The molecule has 0 atom stereocenters. The van der Waals surface area contributed by atoms with E-state index in [1.165, 1.54) is 12.8 Å². The first-order valence-electron chi connectivity index (χ1n) is 4.60. The van der Waals surface area contributed by atoms with E-state index in [9.17, 15) is 4.79 Å². The van der Waals surface area contributed by atoms with Crippen molar-refractivity contribution in [2.24, 2.45) is 5.92 Å². The Hall–Kier alpha value is -1.01. The zero-order chi connectivity index (χ0) is 9.68. The highest BCUT2D eigenvalue weighted by Crippen LogP contribution is 2.32. The smallest absolute Gasteiger partial charge is 0.317 e. The second-order valence-electron chi connectivity index (χ2n) is 3.54. The molecule has 0 heterocycles. The first-order chi connectivity index (χ1) is 6.22. The van der Waals surface area contributed by atoms with E-state index in [0.29, 0.717) is 6.54 Å². The predicted molar refractivity (Wildman–Crippen MR) is 50.2 cm³/mol. The summed E-state index contributed by atoms with van der Waals surface area (Å²) >= 11 is 0. The van der Waals surface area contributed by atoms with E-state index >= 15 is 0 Å². The van der Waals surface area contributed by atoms with Crippen molar-refractivity contribution in [3.8, 4) is 12.3 Å². The van der Waals surface area contributed by atoms with Crippen LogP contribution in [0.2, 0.25) is 0 Å². The Labute approximate surface area is 78.7 Å². The van der Waals surface area contributed by atoms with E-state index < -0.39 is 5.97 Å². The van der Waals surface area contributed by atoms with Gasteiger partial charge in [-0.1, -0.05) is 18.8 Å². The molecule has 1 rings (SSSR count). The molecule has 0 amide bonds. The molecule has 0 spiro atoms. The van der Waals surface area contributed by atoms with Gasteiger partial charge in [-0.2, -0.15) is 0 Å². The number of carbonyl (C=O) groups is 1. The molecule has 3 heteroatoms. The number of carboxylic acids is 1. The molecule has 0 radical (unpaired) electrons. The second-order valence-corrected chi connectivity index (χ2v) is 3.54. The van der Waals surface area contributed by atoms with Crippen molar-refractivity contribution in [2.45, 2.75) is 19.3 Å². The molecule has 1 aliphatic rings. The molecule has 0 unspecified atom stereocenters. The van der Waals surface area contributed by atoms with Crippen LogP contribution < -0.4 is 0 Å². The Morgan fingerprint density at radius 2 is 2.31 bits per heavy atom. The maximum Gasteiger partial charge on any atom is 0.317 e. The van der Waals surface area contributed by atoms with Crippen molar-refractivity contribution < 1.29 is 9.90 Å². The first-order valence-corrected chi connectivity index (χ1v) is 4.60. The molecule has 3 nitrogen and oxygen atoms in total. The monoisotopic (exact) mass is 181 g/mol. The molecule has 13 heavy (non-hydrogen) atoms. The van der Waals surface area contributed by atoms with E-state index in [1.54, 1.807) is 4.90 Å². The standard InChI is InChI=1S/C10H15NO2/c1-2-6-11(8-10(12)13)7-5-9-3-4-9/h1,9H,3-8H2,(H,12,13). The number of rotatable bonds is 6. The van der Waals surface area contributed by atoms with Gasteiger partial charge in [-0.3, -0.25) is 9.69 Å². The maximum absolute atomic E-state index is 10.4. The fourth-order valence-electron chi connectivity index (χ4n) is 1.31. The van der Waals surface area contributed by atoms with Crippen molar-refractivity contribution in [1.82, 2.24) is 4.90 Å². The number of terminal acetylenes is 1. The maximum atomic E-state index is 10.4. The summed E-state index contributed by atoms with van der Waals surface area (Å²) in [5, 5.41) is 8.58. The SMILES string of the molecule is C#CCN(CCC1CC1)CC(=O)O. The van der Waals surface area contributed by atoms with Crippen molar-refractivity contribution in [2.75, 3.05) is 19.6 Å². The summed E-state index contributed by atoms with van der Waals surface area (Å²) in [5.74, 6) is 2.51. The number of aliphatic carboxylic acids is 1. The normalized spacial score (nSPS) is 15.7. The molecule has 0 saturated heterocycles. The van der Waals surface area contributed by atoms with Gasteiger partial charge in [-0.15, -0.1) is 6.42 Å². The lowest BCUT2D eigenvalue weighted by Gasteiger charge is -2.16. The van der Waals surface area contributed by atoms with Gasteiger partial charge in [-0.25, -0.2) is 0 Å². The molecule has 72 valence electrons. The number of hydrogen-bond donors (Lipinski definition) is 1. The molecule has 1 aliphatic carbocycles. The number of nitrogens with zero attached hydrogens (tertiary/aromatic N) is 1. The van der Waals surface area contributed by atoms with Crippen molar-refractivity contribution in [3.05, 3.63) is 0 Å². The quantitative estimate of drug-likeness (QED) is 0.616. The minimum atomic E-state index is -0.800. The Morgan fingerprint density at radius 1 is 1.62 bits per heavy atom. The lowest BCUT2D eigenvalue weighted by molar-refractivity contribution is -0.138. The van der Waals surface area contributed by atoms with E-state index in [0.717, 1.165) is 18.9 Å². The van der Waals surface area contributed by atoms with E-state index in [1.807, 2.05) is 0 Å². The van der Waals surface area contributed by atoms with Crippen molar-refractivity contribution >= 4 is 5.97 Å². The third-order valence-electron chi connectivity index (χ3n) is 2.22. The Kier molecular flexibility index (Phi) is 3.78. The topological polar surface area (TPSA) is 40.5 Å². The highest BCUT2D eigenvalue weighted by Gasteiger charge is 2.22. The van der Waals surface area contributed by atoms with Crippen molar-refractivity contribution in [1.29, 1.82) is 0 Å². The van der Waals surface area contributed by atoms with Gasteiger partial charge in [0.25, 0.3) is 0 Å². The minimum Gasteiger partial charge on any atom is -0.480 e. The third kappa shape index (κ3) is 4.54. The highest BCUT2D eigenvalue weighted by atomic mass is 16.4. The third-order valence-corrected chi connectivity index (χ3v) is 2.22. The molecular formula is C10H15NO2. The van der Waals surface area contributed by atoms with Crippen LogP contribution in [-0.2, 0) is 4.79 Å². The summed E-state index contributed by atoms with van der Waals surface area (Å²) in [7, 11) is 0. The Balaban J connectivity index is 2.19. The fourth-order valence-corrected chi connectivity index (χ4v) is 1.31. The van der Waals surface area contributed by atoms with Crippen LogP contribution in [0.15, 0.2) is 0 Å². The molecule has 0 aromatic carbocycles. The predicted octanol–water partition coefficient (Wildman–Crippen LogP) is 0.806. The van der Waals surface area contributed by atoms with Gasteiger partial charge in [0, 0.05) is 0 Å². The molecule has 1 fully saturated rings. The summed E-state index contributed by atoms with van der Waals surface area (Å²) in [6.07, 6.45) is 8.84. The van der Waals surface area contributed by atoms with Gasteiger partial charge in [-0.05, 0) is 18.9 Å². The summed E-state index contributed by atoms with van der Waals surface area (Å²) in [5.41, 5.74) is 0. The summed E-state index contributed by atoms with van der Waals surface area (Å²) in [6, 6.07) is 0. The summed E-state index contributed by atoms with van der Waals surface area (Å²) in [4.78, 5) is 12.2. The Bertz CT molecular complexity index is 215. The average molecular weight is 181 g/mol. The van der Waals surface area contributed by atoms with E-state index in [-0.39, 0.29) is 6.54 Å². The highest BCUT2D eigenvalue weighted by molar-refractivity contribution is 5.69. The van der Waals surface area contributed by atoms with Crippen LogP contribution >= 0.6 is 0 Å². The van der Waals surface area contributed by atoms with Crippen LogP contribution in [0.3, 0.4) is 0 Å². The molecule has 0 aliphatic heterocycles. The van der Waals surface area contributed by atoms with Gasteiger partial charge in [0.15, 0.2) is 0 Å². The molecule has 1 saturated carbocycles. The van der Waals surface area contributed by atoms with Gasteiger partial charge in [0.05, 0.1) is 13.1 Å². The van der Waals surface area contributed by atoms with Crippen LogP contribution in [0.1, 0.15) is 19.3 Å². The lowest BCUT2D eigenvalue weighted by atomic mass is 10.2. The van der Waals surface area contributed by atoms with Crippen LogP contribution in [-0.4, -0.2) is 35.6 Å². The summed E-state index contributed by atoms with van der Waals surface area (Å²) in [6.45, 7) is 1.33. The van der Waals surface area contributed by atoms with Crippen LogP contribution in [0.5, 0.6) is 0 Å². The fraction of sp³-hybridized carbons (Fsp3) is 0.700. The first kappa shape index (κ1) is 10.1.